The van der Waals surface area contributed by atoms with Crippen LogP contribution in [0.1, 0.15) is 36.2 Å². The average molecular weight is 443 g/mol. The molecule has 4 rings (SSSR count). The number of hydrogen-bond donors (Lipinski definition) is 2. The van der Waals surface area contributed by atoms with Crippen LogP contribution in [0.25, 0.3) is 0 Å². The van der Waals surface area contributed by atoms with Gasteiger partial charge in [0.05, 0.1) is 23.4 Å². The number of anilines is 1. The summed E-state index contributed by atoms with van der Waals surface area (Å²) in [4.78, 5) is 26.6. The maximum absolute atomic E-state index is 12.7. The van der Waals surface area contributed by atoms with Gasteiger partial charge in [0, 0.05) is 24.3 Å². The molecule has 2 aromatic rings. The Kier molecular flexibility index (Phi) is 6.44. The third kappa shape index (κ3) is 4.84. The lowest BCUT2D eigenvalue weighted by molar-refractivity contribution is -0.133. The first-order chi connectivity index (χ1) is 15.0. The van der Waals surface area contributed by atoms with E-state index in [9.17, 15) is 14.9 Å². The topological polar surface area (TPSA) is 108 Å². The predicted octanol–water partition coefficient (Wildman–Crippen LogP) is 3.20. The van der Waals surface area contributed by atoms with Crippen molar-refractivity contribution in [1.29, 1.82) is 5.26 Å². The molecule has 0 spiro atoms. The Morgan fingerprint density at radius 3 is 2.97 bits per heavy atom. The molecule has 162 valence electrons. The standard InChI is InChI=1S/C22H23ClN4O4/c23-17-7-5-14(26-21(28)19-4-2-10-30-19)11-20(17)31-13-15-6-8-18(25-15)22(29)27-9-1-3-16(27)12-24/h2,4-5,7,10-11,15-16,18,25H,1,3,6,8-9,13H2,(H,26,28)/t15-,16+,18+/m1/s1. The summed E-state index contributed by atoms with van der Waals surface area (Å²) in [5, 5.41) is 15.7. The van der Waals surface area contributed by atoms with Gasteiger partial charge in [0.15, 0.2) is 5.76 Å². The third-order valence-corrected chi connectivity index (χ3v) is 5.91. The molecular weight excluding hydrogens is 420 g/mol. The van der Waals surface area contributed by atoms with Crippen molar-refractivity contribution in [3.8, 4) is 11.8 Å². The first-order valence-corrected chi connectivity index (χ1v) is 10.7. The fourth-order valence-electron chi connectivity index (χ4n) is 3.99. The molecule has 3 heterocycles. The number of carbonyl (C=O) groups excluding carboxylic acids is 2. The van der Waals surface area contributed by atoms with E-state index < -0.39 is 0 Å². The zero-order chi connectivity index (χ0) is 21.8. The van der Waals surface area contributed by atoms with Crippen molar-refractivity contribution < 1.29 is 18.7 Å². The molecule has 3 atom stereocenters. The van der Waals surface area contributed by atoms with Gasteiger partial charge in [0.25, 0.3) is 5.91 Å². The predicted molar refractivity (Wildman–Crippen MR) is 114 cm³/mol. The molecular formula is C22H23ClN4O4. The molecule has 31 heavy (non-hydrogen) atoms. The summed E-state index contributed by atoms with van der Waals surface area (Å²) in [6.07, 6.45) is 4.53. The maximum Gasteiger partial charge on any atom is 0.291 e. The Morgan fingerprint density at radius 2 is 2.19 bits per heavy atom. The molecule has 2 aliphatic heterocycles. The van der Waals surface area contributed by atoms with Crippen molar-refractivity contribution in [1.82, 2.24) is 10.2 Å². The SMILES string of the molecule is N#C[C@@H]1CCCN1C(=O)[C@@H]1CC[C@H](COc2cc(NC(=O)c3ccco3)ccc2Cl)N1. The molecule has 0 radical (unpaired) electrons. The molecule has 9 heteroatoms. The highest BCUT2D eigenvalue weighted by atomic mass is 35.5. The molecule has 0 unspecified atom stereocenters. The summed E-state index contributed by atoms with van der Waals surface area (Å²) in [5.74, 6) is 0.279. The highest BCUT2D eigenvalue weighted by Gasteiger charge is 2.37. The van der Waals surface area contributed by atoms with Gasteiger partial charge in [-0.05, 0) is 49.9 Å². The number of nitrogens with zero attached hydrogens (tertiary/aromatic N) is 2. The van der Waals surface area contributed by atoms with Crippen LogP contribution < -0.4 is 15.4 Å². The van der Waals surface area contributed by atoms with Gasteiger partial charge < -0.3 is 19.4 Å². The molecule has 2 amide bonds. The van der Waals surface area contributed by atoms with Crippen LogP contribution in [-0.2, 0) is 4.79 Å². The van der Waals surface area contributed by atoms with Gasteiger partial charge in [-0.25, -0.2) is 0 Å². The van der Waals surface area contributed by atoms with E-state index in [1.54, 1.807) is 35.2 Å². The van der Waals surface area contributed by atoms with Crippen LogP contribution in [0.15, 0.2) is 41.0 Å². The first-order valence-electron chi connectivity index (χ1n) is 10.3. The van der Waals surface area contributed by atoms with Crippen LogP contribution in [0.2, 0.25) is 5.02 Å². The lowest BCUT2D eigenvalue weighted by Gasteiger charge is -2.24. The number of furan rings is 1. The van der Waals surface area contributed by atoms with Crippen LogP contribution in [0, 0.1) is 11.3 Å². The fourth-order valence-corrected chi connectivity index (χ4v) is 4.16. The number of benzene rings is 1. The number of nitrogens with one attached hydrogen (secondary N) is 2. The van der Waals surface area contributed by atoms with Crippen molar-refractivity contribution in [2.45, 2.75) is 43.8 Å². The second kappa shape index (κ2) is 9.41. The second-order valence-electron chi connectivity index (χ2n) is 7.70. The van der Waals surface area contributed by atoms with E-state index in [0.717, 1.165) is 19.3 Å². The Morgan fingerprint density at radius 1 is 1.32 bits per heavy atom. The van der Waals surface area contributed by atoms with Crippen LogP contribution in [-0.4, -0.2) is 48.0 Å². The molecule has 2 N–H and O–H groups in total. The molecule has 2 fully saturated rings. The van der Waals surface area contributed by atoms with E-state index in [2.05, 4.69) is 16.7 Å². The van der Waals surface area contributed by atoms with Crippen molar-refractivity contribution >= 4 is 29.1 Å². The number of ether oxygens (including phenoxy) is 1. The van der Waals surface area contributed by atoms with Gasteiger partial charge in [-0.1, -0.05) is 11.6 Å². The minimum Gasteiger partial charge on any atom is -0.490 e. The van der Waals surface area contributed by atoms with Crippen LogP contribution in [0.4, 0.5) is 5.69 Å². The normalized spacial score (nSPS) is 22.8. The molecule has 2 saturated heterocycles. The summed E-state index contributed by atoms with van der Waals surface area (Å²) >= 11 is 6.25. The van der Waals surface area contributed by atoms with E-state index in [1.807, 2.05) is 0 Å². The average Bonchev–Trinajstić information content (AvgIpc) is 3.55. The van der Waals surface area contributed by atoms with Gasteiger partial charge >= 0.3 is 0 Å². The summed E-state index contributed by atoms with van der Waals surface area (Å²) in [5.41, 5.74) is 0.532. The Bertz CT molecular complexity index is 988. The smallest absolute Gasteiger partial charge is 0.291 e. The highest BCUT2D eigenvalue weighted by Crippen LogP contribution is 2.29. The molecule has 0 saturated carbocycles. The Labute approximate surface area is 185 Å². The summed E-state index contributed by atoms with van der Waals surface area (Å²) < 4.78 is 11.0. The fraction of sp³-hybridized carbons (Fsp3) is 0.409. The van der Waals surface area contributed by atoms with Crippen LogP contribution in [0.5, 0.6) is 5.75 Å². The molecule has 0 aliphatic carbocycles. The number of carbonyl (C=O) groups is 2. The van der Waals surface area contributed by atoms with E-state index in [-0.39, 0.29) is 35.7 Å². The summed E-state index contributed by atoms with van der Waals surface area (Å²) in [7, 11) is 0. The Hall–Kier alpha value is -3.02. The molecule has 8 nitrogen and oxygen atoms in total. The molecule has 2 aliphatic rings. The van der Waals surface area contributed by atoms with Gasteiger partial charge in [-0.3, -0.25) is 14.9 Å². The van der Waals surface area contributed by atoms with E-state index in [4.69, 9.17) is 20.8 Å². The number of hydrogen-bond acceptors (Lipinski definition) is 6. The lowest BCUT2D eigenvalue weighted by Crippen LogP contribution is -2.47. The van der Waals surface area contributed by atoms with E-state index >= 15 is 0 Å². The second-order valence-corrected chi connectivity index (χ2v) is 8.11. The third-order valence-electron chi connectivity index (χ3n) is 5.60. The maximum atomic E-state index is 12.7. The number of likely N-dealkylation sites (tertiary alicyclic amines) is 1. The van der Waals surface area contributed by atoms with Crippen LogP contribution in [0.3, 0.4) is 0 Å². The van der Waals surface area contributed by atoms with Crippen molar-refractivity contribution in [3.63, 3.8) is 0 Å². The first kappa shape index (κ1) is 21.2. The van der Waals surface area contributed by atoms with Gasteiger partial charge in [-0.2, -0.15) is 5.26 Å². The molecule has 1 aromatic carbocycles. The number of amides is 2. The number of nitriles is 1. The molecule has 1 aromatic heterocycles. The van der Waals surface area contributed by atoms with E-state index in [1.165, 1.54) is 6.26 Å². The minimum atomic E-state index is -0.366. The summed E-state index contributed by atoms with van der Waals surface area (Å²) in [6, 6.07) is 9.80. The van der Waals surface area contributed by atoms with Crippen molar-refractivity contribution in [3.05, 3.63) is 47.4 Å². The van der Waals surface area contributed by atoms with Crippen molar-refractivity contribution in [2.75, 3.05) is 18.5 Å². The Balaban J connectivity index is 1.32. The zero-order valence-corrected chi connectivity index (χ0v) is 17.6. The monoisotopic (exact) mass is 442 g/mol. The van der Waals surface area contributed by atoms with Gasteiger partial charge in [-0.15, -0.1) is 0 Å². The quantitative estimate of drug-likeness (QED) is 0.711. The highest BCUT2D eigenvalue weighted by molar-refractivity contribution is 6.32. The van der Waals surface area contributed by atoms with Crippen LogP contribution >= 0.6 is 11.6 Å². The minimum absolute atomic E-state index is 0.00507. The van der Waals surface area contributed by atoms with Gasteiger partial charge in [0.1, 0.15) is 18.4 Å². The largest absolute Gasteiger partial charge is 0.490 e. The van der Waals surface area contributed by atoms with Gasteiger partial charge in [0.2, 0.25) is 5.91 Å². The number of rotatable bonds is 6. The number of halogens is 1. The zero-order valence-electron chi connectivity index (χ0n) is 16.8. The van der Waals surface area contributed by atoms with E-state index in [0.29, 0.717) is 36.0 Å². The molecule has 0 bridgehead atoms. The summed E-state index contributed by atoms with van der Waals surface area (Å²) in [6.45, 7) is 0.975. The van der Waals surface area contributed by atoms with Crippen molar-refractivity contribution in [2.24, 2.45) is 0 Å². The lowest BCUT2D eigenvalue weighted by atomic mass is 10.1.